The zero-order valence-corrected chi connectivity index (χ0v) is 14.4. The minimum Gasteiger partial charge on any atom is -0.396 e. The van der Waals surface area contributed by atoms with Gasteiger partial charge < -0.3 is 25.7 Å². The van der Waals surface area contributed by atoms with Crippen molar-refractivity contribution in [3.63, 3.8) is 0 Å². The summed E-state index contributed by atoms with van der Waals surface area (Å²) in [6, 6.07) is -0.610. The first-order valence-electron chi connectivity index (χ1n) is 9.10. The van der Waals surface area contributed by atoms with Crippen LogP contribution < -0.4 is 5.32 Å². The number of hydrogen-bond donors (Lipinski definition) is 5. The smallest absolute Gasteiger partial charge is 0.132 e. The molecule has 1 fully saturated rings. The van der Waals surface area contributed by atoms with Gasteiger partial charge in [0.05, 0.1) is 24.9 Å². The summed E-state index contributed by atoms with van der Waals surface area (Å²) in [5, 5.41) is 40.4. The quantitative estimate of drug-likeness (QED) is 0.248. The van der Waals surface area contributed by atoms with Crippen LogP contribution in [0.1, 0.15) is 57.8 Å². The number of allylic oxidation sites excluding steroid dienone is 2. The molecule has 0 saturated carbocycles. The van der Waals surface area contributed by atoms with Crippen LogP contribution in [-0.4, -0.2) is 63.7 Å². The minimum atomic E-state index is -0.899. The zero-order valence-electron chi connectivity index (χ0n) is 14.4. The van der Waals surface area contributed by atoms with Gasteiger partial charge in [0.2, 0.25) is 0 Å². The Labute approximate surface area is 144 Å². The number of carbonyl (C=O) groups is 1. The molecule has 1 saturated heterocycles. The average Bonchev–Trinajstić information content (AvgIpc) is 2.86. The molecule has 0 bridgehead atoms. The summed E-state index contributed by atoms with van der Waals surface area (Å²) in [7, 11) is 0. The SMILES string of the molecule is O=C(CCCO)CCCCC/C=C/CC[C@H]1N[C@H](CO)[C@@H](O)[C@@H]1O. The Hall–Kier alpha value is -0.790. The number of rotatable bonds is 13. The fraction of sp³-hybridized carbons (Fsp3) is 0.833. The number of unbranched alkanes of at least 4 members (excludes halogenated alkanes) is 3. The maximum Gasteiger partial charge on any atom is 0.132 e. The Kier molecular flexibility index (Phi) is 11.1. The predicted molar refractivity (Wildman–Crippen MR) is 92.6 cm³/mol. The maximum atomic E-state index is 11.4. The van der Waals surface area contributed by atoms with E-state index in [1.54, 1.807) is 0 Å². The van der Waals surface area contributed by atoms with E-state index in [4.69, 9.17) is 10.2 Å². The lowest BCUT2D eigenvalue weighted by Crippen LogP contribution is -2.36. The lowest BCUT2D eigenvalue weighted by atomic mass is 10.0. The monoisotopic (exact) mass is 343 g/mol. The largest absolute Gasteiger partial charge is 0.396 e. The number of aliphatic hydroxyl groups is 4. The summed E-state index contributed by atoms with van der Waals surface area (Å²) < 4.78 is 0. The lowest BCUT2D eigenvalue weighted by molar-refractivity contribution is -0.119. The summed E-state index contributed by atoms with van der Waals surface area (Å²) in [6.45, 7) is -0.0867. The van der Waals surface area contributed by atoms with Crippen LogP contribution in [0.5, 0.6) is 0 Å². The van der Waals surface area contributed by atoms with Gasteiger partial charge in [0.1, 0.15) is 5.78 Å². The lowest BCUT2D eigenvalue weighted by Gasteiger charge is -2.14. The Morgan fingerprint density at radius 2 is 1.54 bits per heavy atom. The number of ketones is 1. The van der Waals surface area contributed by atoms with E-state index >= 15 is 0 Å². The maximum absolute atomic E-state index is 11.4. The Bertz CT molecular complexity index is 374. The predicted octanol–water partition coefficient (Wildman–Crippen LogP) is 0.669. The van der Waals surface area contributed by atoms with Gasteiger partial charge in [0, 0.05) is 25.5 Å². The van der Waals surface area contributed by atoms with Gasteiger partial charge in [-0.2, -0.15) is 0 Å². The average molecular weight is 343 g/mol. The molecule has 0 radical (unpaired) electrons. The normalized spacial score (nSPS) is 27.2. The molecule has 0 amide bonds. The molecule has 1 aliphatic heterocycles. The van der Waals surface area contributed by atoms with Crippen molar-refractivity contribution >= 4 is 5.78 Å². The molecule has 0 aromatic heterocycles. The highest BCUT2D eigenvalue weighted by atomic mass is 16.3. The van der Waals surface area contributed by atoms with E-state index in [0.717, 1.165) is 38.5 Å². The molecule has 0 aromatic carbocycles. The second kappa shape index (κ2) is 12.6. The number of Topliss-reactive ketones (excluding diaryl/α,β-unsaturated/α-hetero) is 1. The molecule has 1 heterocycles. The zero-order chi connectivity index (χ0) is 17.8. The molecule has 140 valence electrons. The second-order valence-electron chi connectivity index (χ2n) is 6.56. The third-order valence-electron chi connectivity index (χ3n) is 4.55. The first-order valence-corrected chi connectivity index (χ1v) is 9.10. The van der Waals surface area contributed by atoms with Crippen molar-refractivity contribution in [3.05, 3.63) is 12.2 Å². The number of carbonyl (C=O) groups excluding carboxylic acids is 1. The Morgan fingerprint density at radius 3 is 2.21 bits per heavy atom. The van der Waals surface area contributed by atoms with Gasteiger partial charge in [-0.05, 0) is 38.5 Å². The molecular weight excluding hydrogens is 310 g/mol. The van der Waals surface area contributed by atoms with E-state index in [0.29, 0.717) is 19.3 Å². The first kappa shape index (κ1) is 21.3. The number of hydrogen-bond acceptors (Lipinski definition) is 6. The summed E-state index contributed by atoms with van der Waals surface area (Å²) in [4.78, 5) is 11.4. The molecule has 0 spiro atoms. The van der Waals surface area contributed by atoms with Gasteiger partial charge in [-0.15, -0.1) is 0 Å². The van der Waals surface area contributed by atoms with Crippen LogP contribution >= 0.6 is 0 Å². The van der Waals surface area contributed by atoms with E-state index in [-0.39, 0.29) is 25.0 Å². The standard InChI is InChI=1S/C18H33NO5/c20-12-8-10-14(22)9-6-4-2-1-3-5-7-11-15-17(23)18(24)16(13-21)19-15/h3,5,15-21,23-24H,1-2,4,6-13H2/b5-3+/t15-,16-,17-,18-/m1/s1. The van der Waals surface area contributed by atoms with Crippen molar-refractivity contribution in [2.75, 3.05) is 13.2 Å². The third-order valence-corrected chi connectivity index (χ3v) is 4.55. The van der Waals surface area contributed by atoms with Gasteiger partial charge in [0.25, 0.3) is 0 Å². The molecule has 0 aliphatic carbocycles. The van der Waals surface area contributed by atoms with Crippen LogP contribution in [0.15, 0.2) is 12.2 Å². The fourth-order valence-electron chi connectivity index (χ4n) is 3.04. The van der Waals surface area contributed by atoms with Gasteiger partial charge in [-0.3, -0.25) is 4.79 Å². The van der Waals surface area contributed by atoms with Crippen LogP contribution in [-0.2, 0) is 4.79 Å². The molecule has 0 aromatic rings. The molecule has 24 heavy (non-hydrogen) atoms. The minimum absolute atomic E-state index is 0.0869. The van der Waals surface area contributed by atoms with E-state index in [1.165, 1.54) is 0 Å². The van der Waals surface area contributed by atoms with Crippen molar-refractivity contribution < 1.29 is 25.2 Å². The van der Waals surface area contributed by atoms with Crippen LogP contribution in [0.25, 0.3) is 0 Å². The molecule has 4 atom stereocenters. The van der Waals surface area contributed by atoms with Crippen molar-refractivity contribution in [1.29, 1.82) is 0 Å². The third kappa shape index (κ3) is 7.85. The van der Waals surface area contributed by atoms with Crippen molar-refractivity contribution in [3.8, 4) is 0 Å². The molecule has 5 N–H and O–H groups in total. The molecule has 1 rings (SSSR count). The van der Waals surface area contributed by atoms with Crippen LogP contribution in [0.4, 0.5) is 0 Å². The summed E-state index contributed by atoms with van der Waals surface area (Å²) in [5.41, 5.74) is 0. The van der Waals surface area contributed by atoms with Crippen molar-refractivity contribution in [2.45, 2.75) is 82.1 Å². The molecule has 1 aliphatic rings. The van der Waals surface area contributed by atoms with E-state index < -0.39 is 18.2 Å². The Morgan fingerprint density at radius 1 is 0.875 bits per heavy atom. The summed E-state index contributed by atoms with van der Waals surface area (Å²) >= 11 is 0. The highest BCUT2D eigenvalue weighted by molar-refractivity contribution is 5.78. The van der Waals surface area contributed by atoms with Crippen molar-refractivity contribution in [1.82, 2.24) is 5.32 Å². The molecule has 6 heteroatoms. The van der Waals surface area contributed by atoms with Crippen LogP contribution in [0.3, 0.4) is 0 Å². The van der Waals surface area contributed by atoms with Gasteiger partial charge in [-0.1, -0.05) is 18.6 Å². The van der Waals surface area contributed by atoms with Crippen LogP contribution in [0, 0.1) is 0 Å². The van der Waals surface area contributed by atoms with E-state index in [1.807, 2.05) is 0 Å². The molecule has 6 nitrogen and oxygen atoms in total. The highest BCUT2D eigenvalue weighted by Gasteiger charge is 2.39. The van der Waals surface area contributed by atoms with Gasteiger partial charge in [-0.25, -0.2) is 0 Å². The Balaban J connectivity index is 2.00. The summed E-state index contributed by atoms with van der Waals surface area (Å²) in [5.74, 6) is 0.241. The first-order chi connectivity index (χ1) is 11.6. The molecular formula is C18H33NO5. The van der Waals surface area contributed by atoms with Crippen LogP contribution in [0.2, 0.25) is 0 Å². The topological polar surface area (TPSA) is 110 Å². The summed E-state index contributed by atoms with van der Waals surface area (Å²) in [6.07, 6.45) is 9.68. The fourth-order valence-corrected chi connectivity index (χ4v) is 3.04. The highest BCUT2D eigenvalue weighted by Crippen LogP contribution is 2.18. The molecule has 0 unspecified atom stereocenters. The number of aliphatic hydroxyl groups excluding tert-OH is 4. The second-order valence-corrected chi connectivity index (χ2v) is 6.56. The van der Waals surface area contributed by atoms with E-state index in [2.05, 4.69) is 17.5 Å². The van der Waals surface area contributed by atoms with Gasteiger partial charge >= 0.3 is 0 Å². The van der Waals surface area contributed by atoms with E-state index in [9.17, 15) is 15.0 Å². The van der Waals surface area contributed by atoms with Gasteiger partial charge in [0.15, 0.2) is 0 Å². The number of nitrogens with one attached hydrogen (secondary N) is 1. The van der Waals surface area contributed by atoms with Crippen molar-refractivity contribution in [2.24, 2.45) is 0 Å².